The van der Waals surface area contributed by atoms with E-state index in [2.05, 4.69) is 34.9 Å². The van der Waals surface area contributed by atoms with Crippen molar-refractivity contribution < 1.29 is 4.74 Å². The molecule has 0 aromatic carbocycles. The zero-order valence-electron chi connectivity index (χ0n) is 14.6. The summed E-state index contributed by atoms with van der Waals surface area (Å²) in [6.07, 6.45) is 13.8. The predicted octanol–water partition coefficient (Wildman–Crippen LogP) is 4.44. The molecule has 24 heavy (non-hydrogen) atoms. The predicted molar refractivity (Wildman–Crippen MR) is 104 cm³/mol. The van der Waals surface area contributed by atoms with Gasteiger partial charge in [-0.2, -0.15) is 10.0 Å². The lowest BCUT2D eigenvalue weighted by Crippen LogP contribution is -2.13. The average molecular weight is 346 g/mol. The Hall–Kier alpha value is -1.52. The lowest BCUT2D eigenvalue weighted by Gasteiger charge is -2.35. The highest BCUT2D eigenvalue weighted by Gasteiger charge is 2.26. The summed E-state index contributed by atoms with van der Waals surface area (Å²) in [6.45, 7) is 0.837. The third-order valence-corrected chi connectivity index (χ3v) is 8.37. The molecule has 1 aliphatic heterocycles. The lowest BCUT2D eigenvalue weighted by molar-refractivity contribution is 0.218. The SMILES string of the molecule is COCCS1(C)C=CC=C1CC1CC=C(c2cccc(=O)[nH]2)CC1. The van der Waals surface area contributed by atoms with Crippen molar-refractivity contribution in [2.45, 2.75) is 25.7 Å². The van der Waals surface area contributed by atoms with Crippen molar-refractivity contribution in [2.75, 3.05) is 25.7 Å². The normalized spacial score (nSPS) is 29.0. The van der Waals surface area contributed by atoms with Crippen LogP contribution in [0, 0.1) is 5.92 Å². The van der Waals surface area contributed by atoms with Crippen LogP contribution < -0.4 is 5.56 Å². The van der Waals surface area contributed by atoms with Crippen LogP contribution in [0.4, 0.5) is 0 Å². The van der Waals surface area contributed by atoms with Crippen molar-refractivity contribution in [3.05, 3.63) is 62.8 Å². The first-order chi connectivity index (χ1) is 11.6. The molecule has 4 heteroatoms. The summed E-state index contributed by atoms with van der Waals surface area (Å²) in [7, 11) is 0.994. The summed E-state index contributed by atoms with van der Waals surface area (Å²) in [5, 5.41) is 2.40. The molecule has 1 aromatic rings. The Bertz CT molecular complexity index is 731. The topological polar surface area (TPSA) is 42.1 Å². The molecule has 0 bridgehead atoms. The van der Waals surface area contributed by atoms with Crippen molar-refractivity contribution >= 4 is 15.6 Å². The summed E-state index contributed by atoms with van der Waals surface area (Å²) in [4.78, 5) is 16.0. The second-order valence-electron chi connectivity index (χ2n) is 6.82. The zero-order chi connectivity index (χ0) is 17.0. The van der Waals surface area contributed by atoms with E-state index < -0.39 is 10.0 Å². The average Bonchev–Trinajstić information content (AvgIpc) is 2.95. The van der Waals surface area contributed by atoms with E-state index in [1.807, 2.05) is 12.1 Å². The summed E-state index contributed by atoms with van der Waals surface area (Å²) in [5.41, 5.74) is 2.26. The highest BCUT2D eigenvalue weighted by molar-refractivity contribution is 8.38. The third-order valence-electron chi connectivity index (χ3n) is 5.10. The minimum absolute atomic E-state index is 0.0183. The molecule has 0 radical (unpaired) electrons. The van der Waals surface area contributed by atoms with E-state index in [4.69, 9.17) is 4.74 Å². The van der Waals surface area contributed by atoms with Gasteiger partial charge in [-0.25, -0.2) is 0 Å². The summed E-state index contributed by atoms with van der Waals surface area (Å²) in [6, 6.07) is 5.41. The second kappa shape index (κ2) is 7.58. The Kier molecular flexibility index (Phi) is 5.47. The van der Waals surface area contributed by atoms with Gasteiger partial charge in [0.15, 0.2) is 0 Å². The molecule has 2 aliphatic rings. The number of H-pyrrole nitrogens is 1. The van der Waals surface area contributed by atoms with Crippen LogP contribution in [0.5, 0.6) is 0 Å². The number of methoxy groups -OCH3 is 1. The number of aromatic amines is 1. The van der Waals surface area contributed by atoms with E-state index in [1.54, 1.807) is 18.1 Å². The number of nitrogens with one attached hydrogen (secondary N) is 1. The molecule has 0 saturated heterocycles. The van der Waals surface area contributed by atoms with E-state index in [0.717, 1.165) is 30.9 Å². The maximum absolute atomic E-state index is 11.5. The minimum Gasteiger partial charge on any atom is -0.384 e. The first-order valence-corrected chi connectivity index (χ1v) is 10.9. The molecule has 0 amide bonds. The maximum atomic E-state index is 11.5. The van der Waals surface area contributed by atoms with Crippen molar-refractivity contribution in [2.24, 2.45) is 5.92 Å². The first-order valence-electron chi connectivity index (χ1n) is 8.62. The van der Waals surface area contributed by atoms with Crippen LogP contribution in [-0.4, -0.2) is 30.7 Å². The monoisotopic (exact) mass is 345 g/mol. The smallest absolute Gasteiger partial charge is 0.248 e. The van der Waals surface area contributed by atoms with Crippen molar-refractivity contribution in [1.29, 1.82) is 0 Å². The van der Waals surface area contributed by atoms with Crippen molar-refractivity contribution in [3.63, 3.8) is 0 Å². The first kappa shape index (κ1) is 17.3. The van der Waals surface area contributed by atoms with Crippen molar-refractivity contribution in [3.8, 4) is 0 Å². The molecule has 3 nitrogen and oxygen atoms in total. The van der Waals surface area contributed by atoms with Gasteiger partial charge in [0, 0.05) is 24.6 Å². The quantitative estimate of drug-likeness (QED) is 0.828. The van der Waals surface area contributed by atoms with E-state index >= 15 is 0 Å². The molecule has 1 aliphatic carbocycles. The molecule has 2 heterocycles. The molecule has 2 atom stereocenters. The van der Waals surface area contributed by atoms with Crippen LogP contribution in [0.1, 0.15) is 31.4 Å². The van der Waals surface area contributed by atoms with Crippen LogP contribution in [0.2, 0.25) is 0 Å². The van der Waals surface area contributed by atoms with Crippen LogP contribution in [0.3, 0.4) is 0 Å². The molecule has 0 spiro atoms. The Morgan fingerprint density at radius 2 is 2.25 bits per heavy atom. The Morgan fingerprint density at radius 1 is 1.38 bits per heavy atom. The maximum Gasteiger partial charge on any atom is 0.248 e. The van der Waals surface area contributed by atoms with Gasteiger partial charge < -0.3 is 9.72 Å². The molecule has 3 rings (SSSR count). The number of ether oxygens (including phenoxy) is 1. The Morgan fingerprint density at radius 3 is 2.96 bits per heavy atom. The minimum atomic E-state index is -0.790. The lowest BCUT2D eigenvalue weighted by atomic mass is 9.86. The highest BCUT2D eigenvalue weighted by Crippen LogP contribution is 2.59. The number of rotatable bonds is 6. The van der Waals surface area contributed by atoms with Crippen LogP contribution in [-0.2, 0) is 4.74 Å². The van der Waals surface area contributed by atoms with Gasteiger partial charge in [-0.15, -0.1) is 0 Å². The molecule has 0 saturated carbocycles. The highest BCUT2D eigenvalue weighted by atomic mass is 32.3. The van der Waals surface area contributed by atoms with E-state index in [9.17, 15) is 4.79 Å². The molecule has 130 valence electrons. The summed E-state index contributed by atoms with van der Waals surface area (Å²) >= 11 is 0. The zero-order valence-corrected chi connectivity index (χ0v) is 15.4. The molecular weight excluding hydrogens is 318 g/mol. The standard InChI is InChI=1S/C20H27NO2S/c1-23-12-14-24(2)13-4-5-18(24)15-16-8-10-17(11-9-16)19-6-3-7-20(22)21-19/h3-7,10,13,16H,8-9,11-12,14-15H2,1-2H3,(H,21,22). The third kappa shape index (κ3) is 3.93. The van der Waals surface area contributed by atoms with Gasteiger partial charge in [0.1, 0.15) is 0 Å². The molecule has 0 fully saturated rings. The Labute approximate surface area is 145 Å². The molecular formula is C20H27NO2S. The molecule has 1 aromatic heterocycles. The number of hydrogen-bond donors (Lipinski definition) is 1. The number of pyridine rings is 1. The number of allylic oxidation sites excluding steroid dienone is 5. The van der Waals surface area contributed by atoms with Gasteiger partial charge in [-0.3, -0.25) is 4.79 Å². The summed E-state index contributed by atoms with van der Waals surface area (Å²) < 4.78 is 5.30. The van der Waals surface area contributed by atoms with Gasteiger partial charge in [0.2, 0.25) is 5.56 Å². The van der Waals surface area contributed by atoms with Crippen LogP contribution in [0.25, 0.3) is 5.57 Å². The fraction of sp³-hybridized carbons (Fsp3) is 0.450. The van der Waals surface area contributed by atoms with Gasteiger partial charge in [-0.05, 0) is 59.8 Å². The number of aromatic nitrogens is 1. The van der Waals surface area contributed by atoms with Gasteiger partial charge in [-0.1, -0.05) is 24.3 Å². The molecule has 1 N–H and O–H groups in total. The number of hydrogen-bond acceptors (Lipinski definition) is 2. The van der Waals surface area contributed by atoms with Gasteiger partial charge in [0.25, 0.3) is 0 Å². The Balaban J connectivity index is 1.62. The largest absolute Gasteiger partial charge is 0.384 e. The second-order valence-corrected chi connectivity index (χ2v) is 10.3. The van der Waals surface area contributed by atoms with E-state index in [-0.39, 0.29) is 5.56 Å². The van der Waals surface area contributed by atoms with Crippen molar-refractivity contribution in [1.82, 2.24) is 4.98 Å². The van der Waals surface area contributed by atoms with Crippen LogP contribution in [0.15, 0.2) is 51.5 Å². The summed E-state index contributed by atoms with van der Waals surface area (Å²) in [5.74, 6) is 1.84. The van der Waals surface area contributed by atoms with Gasteiger partial charge >= 0.3 is 0 Å². The molecule has 2 unspecified atom stereocenters. The fourth-order valence-electron chi connectivity index (χ4n) is 3.51. The fourth-order valence-corrected chi connectivity index (χ4v) is 6.03. The van der Waals surface area contributed by atoms with Gasteiger partial charge in [0.05, 0.1) is 6.61 Å². The van der Waals surface area contributed by atoms with E-state index in [0.29, 0.717) is 5.92 Å². The van der Waals surface area contributed by atoms with Crippen LogP contribution >= 0.6 is 10.0 Å². The van der Waals surface area contributed by atoms with E-state index in [1.165, 1.54) is 18.4 Å².